The summed E-state index contributed by atoms with van der Waals surface area (Å²) in [4.78, 5) is 25.6. The summed E-state index contributed by atoms with van der Waals surface area (Å²) in [7, 11) is 0. The molecule has 0 aliphatic carbocycles. The topological polar surface area (TPSA) is 89.1 Å². The van der Waals surface area contributed by atoms with Crippen molar-refractivity contribution in [1.29, 1.82) is 0 Å². The summed E-state index contributed by atoms with van der Waals surface area (Å²) < 4.78 is 5.95. The summed E-state index contributed by atoms with van der Waals surface area (Å²) in [6.07, 6.45) is 7.41. The van der Waals surface area contributed by atoms with Gasteiger partial charge in [0.1, 0.15) is 17.6 Å². The van der Waals surface area contributed by atoms with Crippen molar-refractivity contribution >= 4 is 27.7 Å². The van der Waals surface area contributed by atoms with E-state index in [9.17, 15) is 9.90 Å². The van der Waals surface area contributed by atoms with Crippen LogP contribution in [0, 0.1) is 23.8 Å². The van der Waals surface area contributed by atoms with Crippen molar-refractivity contribution in [2.24, 2.45) is 17.8 Å². The van der Waals surface area contributed by atoms with Crippen molar-refractivity contribution in [3.05, 3.63) is 90.1 Å². The number of nitrogens with zero attached hydrogens (tertiary/aromatic N) is 3. The standard InChI is InChI=1S/C29H28N3O.C13H24O2.Ir/c1-18(2)12-21-15-27-28(33-21)11-10-24(32-27)26-16-25(30-17-31-26)20-13-19-8-6-7-9-22(19)23(14-20)29(3,4)5;1-5-10(6-2)12(14)9-13(15)11(7-3)8-4;/h6-11,14-18H,12H2,1-5H3;9-11,14H,5-8H2,1-4H3;/q-1;;/b;12-9-;. The van der Waals surface area contributed by atoms with Crippen molar-refractivity contribution < 1.29 is 34.4 Å². The molecule has 1 radical (unpaired) electrons. The number of carbonyl (C=O) groups excluding carboxylic acids is 1. The average molecular weight is 839 g/mol. The van der Waals surface area contributed by atoms with Crippen LogP contribution in [0.25, 0.3) is 44.5 Å². The van der Waals surface area contributed by atoms with E-state index < -0.39 is 0 Å². The molecule has 0 saturated heterocycles. The maximum absolute atomic E-state index is 11.7. The molecule has 0 fully saturated rings. The number of furan rings is 1. The van der Waals surface area contributed by atoms with Crippen LogP contribution in [-0.2, 0) is 36.7 Å². The average Bonchev–Trinajstić information content (AvgIpc) is 3.46. The molecule has 0 unspecified atom stereocenters. The Bertz CT molecular complexity index is 1860. The second-order valence-corrected chi connectivity index (χ2v) is 14.1. The molecule has 49 heavy (non-hydrogen) atoms. The first kappa shape index (κ1) is 39.8. The molecule has 0 saturated carbocycles. The minimum absolute atomic E-state index is 0. The van der Waals surface area contributed by atoms with E-state index in [1.807, 2.05) is 52.0 Å². The maximum atomic E-state index is 11.7. The van der Waals surface area contributed by atoms with Crippen molar-refractivity contribution in [2.45, 2.75) is 99.8 Å². The van der Waals surface area contributed by atoms with Gasteiger partial charge in [-0.2, -0.15) is 0 Å². The molecular weight excluding hydrogens is 787 g/mol. The minimum Gasteiger partial charge on any atom is -0.512 e. The second-order valence-electron chi connectivity index (χ2n) is 14.1. The van der Waals surface area contributed by atoms with Gasteiger partial charge in [-0.15, -0.1) is 29.1 Å². The van der Waals surface area contributed by atoms with Gasteiger partial charge in [0.15, 0.2) is 11.4 Å². The predicted octanol–water partition coefficient (Wildman–Crippen LogP) is 11.3. The number of aliphatic hydroxyl groups is 1. The summed E-state index contributed by atoms with van der Waals surface area (Å²) >= 11 is 0. The minimum atomic E-state index is 0. The SMILES string of the molecule is CC(C)Cc1cc2nc(-c3cc(-c4[c-]c5ccccc5c(C(C)(C)C)c4)ncn3)ccc2o1.CCC(CC)C(=O)/C=C(\O)C(CC)CC.[Ir]. The molecule has 1 N–H and O–H groups in total. The van der Waals surface area contributed by atoms with E-state index >= 15 is 0 Å². The molecule has 263 valence electrons. The molecule has 3 heterocycles. The van der Waals surface area contributed by atoms with Gasteiger partial charge >= 0.3 is 0 Å². The fraction of sp³-hybridized carbons (Fsp3) is 0.429. The summed E-state index contributed by atoms with van der Waals surface area (Å²) in [5.41, 5.74) is 6.34. The normalized spacial score (nSPS) is 12.0. The van der Waals surface area contributed by atoms with Crippen molar-refractivity contribution in [3.8, 4) is 22.6 Å². The first-order valence-corrected chi connectivity index (χ1v) is 17.5. The number of aromatic nitrogens is 3. The van der Waals surface area contributed by atoms with Crippen LogP contribution in [0.3, 0.4) is 0 Å². The molecule has 2 aromatic carbocycles. The number of fused-ring (bicyclic) bond motifs is 2. The van der Waals surface area contributed by atoms with Gasteiger partial charge in [-0.3, -0.25) is 9.78 Å². The van der Waals surface area contributed by atoms with Gasteiger partial charge in [-0.1, -0.05) is 91.5 Å². The molecule has 0 bridgehead atoms. The smallest absolute Gasteiger partial charge is 0.162 e. The van der Waals surface area contributed by atoms with Crippen molar-refractivity contribution in [1.82, 2.24) is 15.0 Å². The molecule has 0 aliphatic heterocycles. The van der Waals surface area contributed by atoms with E-state index in [0.29, 0.717) is 5.92 Å². The van der Waals surface area contributed by atoms with Crippen LogP contribution in [-0.4, -0.2) is 25.8 Å². The van der Waals surface area contributed by atoms with E-state index in [1.54, 1.807) is 6.33 Å². The zero-order chi connectivity index (χ0) is 35.0. The van der Waals surface area contributed by atoms with Crippen LogP contribution in [0.15, 0.2) is 77.2 Å². The molecule has 5 aromatic rings. The Morgan fingerprint density at radius 3 is 2.16 bits per heavy atom. The first-order valence-electron chi connectivity index (χ1n) is 17.5. The zero-order valence-corrected chi connectivity index (χ0v) is 33.0. The Labute approximate surface area is 306 Å². The van der Waals surface area contributed by atoms with Crippen molar-refractivity contribution in [3.63, 3.8) is 0 Å². The van der Waals surface area contributed by atoms with Gasteiger partial charge in [-0.05, 0) is 55.2 Å². The van der Waals surface area contributed by atoms with Gasteiger partial charge in [0.2, 0.25) is 0 Å². The largest absolute Gasteiger partial charge is 0.512 e. The van der Waals surface area contributed by atoms with Crippen LogP contribution in [0.1, 0.15) is 99.3 Å². The third-order valence-corrected chi connectivity index (χ3v) is 8.90. The van der Waals surface area contributed by atoms with Gasteiger partial charge in [0.25, 0.3) is 0 Å². The number of ketones is 1. The zero-order valence-electron chi connectivity index (χ0n) is 30.6. The molecule has 7 heteroatoms. The molecule has 5 rings (SSSR count). The van der Waals surface area contributed by atoms with Crippen LogP contribution in [0.5, 0.6) is 0 Å². The number of hydrogen-bond donors (Lipinski definition) is 1. The molecular formula is C42H52IrN3O3-. The molecule has 0 atom stereocenters. The Morgan fingerprint density at radius 1 is 0.878 bits per heavy atom. The number of pyridine rings is 1. The van der Waals surface area contributed by atoms with Gasteiger partial charge in [0, 0.05) is 56.2 Å². The molecule has 6 nitrogen and oxygen atoms in total. The number of hydrogen-bond acceptors (Lipinski definition) is 6. The summed E-state index contributed by atoms with van der Waals surface area (Å²) in [5, 5.41) is 12.1. The predicted molar refractivity (Wildman–Crippen MR) is 198 cm³/mol. The third-order valence-electron chi connectivity index (χ3n) is 8.90. The number of benzene rings is 2. The van der Waals surface area contributed by atoms with E-state index in [-0.39, 0.29) is 48.9 Å². The van der Waals surface area contributed by atoms with Gasteiger partial charge < -0.3 is 9.52 Å². The summed E-state index contributed by atoms with van der Waals surface area (Å²) in [6.45, 7) is 19.2. The third kappa shape index (κ3) is 10.2. The van der Waals surface area contributed by atoms with E-state index in [2.05, 4.69) is 81.0 Å². The van der Waals surface area contributed by atoms with Crippen molar-refractivity contribution in [2.75, 3.05) is 0 Å². The van der Waals surface area contributed by atoms with Gasteiger partial charge in [0.05, 0.1) is 17.1 Å². The van der Waals surface area contributed by atoms with Gasteiger partial charge in [-0.25, -0.2) is 9.97 Å². The first-order chi connectivity index (χ1) is 22.9. The Kier molecular flexibility index (Phi) is 14.5. The Balaban J connectivity index is 0.000000347. The number of aliphatic hydroxyl groups excluding tert-OH is 1. The fourth-order valence-electron chi connectivity index (χ4n) is 6.03. The van der Waals surface area contributed by atoms with Crippen LogP contribution < -0.4 is 0 Å². The fourth-order valence-corrected chi connectivity index (χ4v) is 6.03. The number of rotatable bonds is 11. The monoisotopic (exact) mass is 839 g/mol. The maximum Gasteiger partial charge on any atom is 0.162 e. The van der Waals surface area contributed by atoms with E-state index in [1.165, 1.54) is 17.0 Å². The quantitative estimate of drug-likeness (QED) is 0.0810. The summed E-state index contributed by atoms with van der Waals surface area (Å²) in [6, 6.07) is 22.1. The molecule has 0 amide bonds. The Morgan fingerprint density at radius 2 is 1.53 bits per heavy atom. The van der Waals surface area contributed by atoms with E-state index in [0.717, 1.165) is 77.0 Å². The Hall–Kier alpha value is -3.67. The molecule has 0 spiro atoms. The summed E-state index contributed by atoms with van der Waals surface area (Å²) in [5.74, 6) is 2.05. The van der Waals surface area contributed by atoms with Crippen LogP contribution in [0.2, 0.25) is 0 Å². The van der Waals surface area contributed by atoms with Crippen LogP contribution >= 0.6 is 0 Å². The number of carbonyl (C=O) groups is 1. The van der Waals surface area contributed by atoms with Crippen LogP contribution in [0.4, 0.5) is 0 Å². The molecule has 3 aromatic heterocycles. The second kappa shape index (κ2) is 17.8. The number of allylic oxidation sites excluding steroid dienone is 2. The van der Waals surface area contributed by atoms with E-state index in [4.69, 9.17) is 9.40 Å². The molecule has 0 aliphatic rings.